The molecule has 0 unspecified atom stereocenters. The van der Waals surface area contributed by atoms with E-state index < -0.39 is 0 Å². The zero-order chi connectivity index (χ0) is 10.8. The van der Waals surface area contributed by atoms with Crippen molar-refractivity contribution in [2.24, 2.45) is 0 Å². The fraction of sp³-hybridized carbons (Fsp3) is 0.0833. The Kier molecular flexibility index (Phi) is 2.69. The molecule has 0 spiro atoms. The maximum Gasteiger partial charge on any atom is 0.124 e. The van der Waals surface area contributed by atoms with Crippen molar-refractivity contribution in [2.75, 3.05) is 0 Å². The highest BCUT2D eigenvalue weighted by molar-refractivity contribution is 6.33. The van der Waals surface area contributed by atoms with E-state index in [4.69, 9.17) is 11.6 Å². The summed E-state index contributed by atoms with van der Waals surface area (Å²) in [5, 5.41) is 0.386. The van der Waals surface area contributed by atoms with Gasteiger partial charge in [-0.25, -0.2) is 4.39 Å². The lowest BCUT2D eigenvalue weighted by atomic mass is 10.1. The first-order chi connectivity index (χ1) is 7.18. The minimum absolute atomic E-state index is 0.336. The maximum absolute atomic E-state index is 12.9. The van der Waals surface area contributed by atoms with Crippen LogP contribution in [0.2, 0.25) is 5.02 Å². The number of pyridine rings is 1. The van der Waals surface area contributed by atoms with Crippen molar-refractivity contribution in [3.63, 3.8) is 0 Å². The number of hydrogen-bond acceptors (Lipinski definition) is 1. The Morgan fingerprint density at radius 1 is 1.27 bits per heavy atom. The minimum Gasteiger partial charge on any atom is -0.256 e. The van der Waals surface area contributed by atoms with Gasteiger partial charge in [-0.15, -0.1) is 0 Å². The van der Waals surface area contributed by atoms with E-state index >= 15 is 0 Å². The molecular weight excluding hydrogens is 213 g/mol. The molecule has 0 bridgehead atoms. The summed E-state index contributed by atoms with van der Waals surface area (Å²) < 4.78 is 12.9. The summed E-state index contributed by atoms with van der Waals surface area (Å²) in [6, 6.07) is 8.13. The summed E-state index contributed by atoms with van der Waals surface area (Å²) in [6.45, 7) is 1.95. The van der Waals surface area contributed by atoms with Gasteiger partial charge in [0.25, 0.3) is 0 Å². The third-order valence-electron chi connectivity index (χ3n) is 2.20. The minimum atomic E-state index is -0.336. The molecule has 0 N–H and O–H groups in total. The number of nitrogens with zero attached hydrogens (tertiary/aromatic N) is 1. The monoisotopic (exact) mass is 221 g/mol. The zero-order valence-corrected chi connectivity index (χ0v) is 8.92. The predicted molar refractivity (Wildman–Crippen MR) is 59.4 cm³/mol. The van der Waals surface area contributed by atoms with E-state index in [0.717, 1.165) is 16.8 Å². The van der Waals surface area contributed by atoms with Crippen molar-refractivity contribution in [3.8, 4) is 11.3 Å². The Labute approximate surface area is 92.5 Å². The van der Waals surface area contributed by atoms with Gasteiger partial charge >= 0.3 is 0 Å². The first-order valence-electron chi connectivity index (χ1n) is 4.55. The Morgan fingerprint density at radius 2 is 2.07 bits per heavy atom. The number of aryl methyl sites for hydroxylation is 1. The molecule has 0 saturated heterocycles. The van der Waals surface area contributed by atoms with Gasteiger partial charge in [-0.05, 0) is 36.8 Å². The van der Waals surface area contributed by atoms with Crippen LogP contribution in [0.15, 0.2) is 36.5 Å². The van der Waals surface area contributed by atoms with Crippen LogP contribution in [0.1, 0.15) is 5.56 Å². The van der Waals surface area contributed by atoms with Crippen molar-refractivity contribution in [2.45, 2.75) is 6.92 Å². The standard InChI is InChI=1S/C12H9ClFN/c1-8-3-2-6-15-12(8)10-5-4-9(14)7-11(10)13/h2-7H,1H3. The molecule has 3 heteroatoms. The molecule has 1 nitrogen and oxygen atoms in total. The van der Waals surface area contributed by atoms with Crippen LogP contribution < -0.4 is 0 Å². The molecule has 1 heterocycles. The smallest absolute Gasteiger partial charge is 0.124 e. The highest BCUT2D eigenvalue weighted by atomic mass is 35.5. The maximum atomic E-state index is 12.9. The van der Waals surface area contributed by atoms with Gasteiger partial charge in [-0.1, -0.05) is 17.7 Å². The summed E-state index contributed by atoms with van der Waals surface area (Å²) in [7, 11) is 0. The molecule has 1 aromatic heterocycles. The normalized spacial score (nSPS) is 10.3. The largest absolute Gasteiger partial charge is 0.256 e. The number of aromatic nitrogens is 1. The van der Waals surface area contributed by atoms with Crippen molar-refractivity contribution in [3.05, 3.63) is 52.9 Å². The van der Waals surface area contributed by atoms with Crippen LogP contribution in [-0.2, 0) is 0 Å². The van der Waals surface area contributed by atoms with E-state index in [1.165, 1.54) is 12.1 Å². The molecule has 0 fully saturated rings. The lowest BCUT2D eigenvalue weighted by Gasteiger charge is -2.06. The van der Waals surface area contributed by atoms with E-state index in [1.807, 2.05) is 19.1 Å². The molecule has 15 heavy (non-hydrogen) atoms. The Balaban J connectivity index is 2.60. The van der Waals surface area contributed by atoms with Crippen molar-refractivity contribution < 1.29 is 4.39 Å². The van der Waals surface area contributed by atoms with Gasteiger partial charge in [0.05, 0.1) is 10.7 Å². The summed E-state index contributed by atoms with van der Waals surface area (Å²) in [4.78, 5) is 4.23. The van der Waals surface area contributed by atoms with Crippen LogP contribution in [-0.4, -0.2) is 4.98 Å². The van der Waals surface area contributed by atoms with Crippen LogP contribution in [0, 0.1) is 12.7 Å². The van der Waals surface area contributed by atoms with Crippen LogP contribution in [0.25, 0.3) is 11.3 Å². The molecule has 0 radical (unpaired) electrons. The number of hydrogen-bond donors (Lipinski definition) is 0. The fourth-order valence-electron chi connectivity index (χ4n) is 1.45. The van der Waals surface area contributed by atoms with Gasteiger partial charge in [0.1, 0.15) is 5.82 Å². The Bertz CT molecular complexity index is 497. The molecule has 0 saturated carbocycles. The van der Waals surface area contributed by atoms with E-state index in [1.54, 1.807) is 12.3 Å². The summed E-state index contributed by atoms with van der Waals surface area (Å²) in [5.74, 6) is -0.336. The fourth-order valence-corrected chi connectivity index (χ4v) is 1.71. The summed E-state index contributed by atoms with van der Waals surface area (Å²) >= 11 is 5.96. The second-order valence-electron chi connectivity index (χ2n) is 3.29. The van der Waals surface area contributed by atoms with Gasteiger partial charge in [-0.2, -0.15) is 0 Å². The van der Waals surface area contributed by atoms with Crippen molar-refractivity contribution in [1.82, 2.24) is 4.98 Å². The van der Waals surface area contributed by atoms with Crippen LogP contribution in [0.5, 0.6) is 0 Å². The molecule has 0 aliphatic heterocycles. The second kappa shape index (κ2) is 3.99. The topological polar surface area (TPSA) is 12.9 Å². The average Bonchev–Trinajstić information content (AvgIpc) is 2.20. The van der Waals surface area contributed by atoms with Gasteiger partial charge in [-0.3, -0.25) is 4.98 Å². The lowest BCUT2D eigenvalue weighted by molar-refractivity contribution is 0.628. The number of rotatable bonds is 1. The molecule has 0 atom stereocenters. The zero-order valence-electron chi connectivity index (χ0n) is 8.17. The third kappa shape index (κ3) is 2.00. The lowest BCUT2D eigenvalue weighted by Crippen LogP contribution is -1.88. The molecule has 76 valence electrons. The number of halogens is 2. The van der Waals surface area contributed by atoms with Gasteiger partial charge in [0.15, 0.2) is 0 Å². The van der Waals surface area contributed by atoms with Gasteiger partial charge in [0.2, 0.25) is 0 Å². The molecule has 0 amide bonds. The van der Waals surface area contributed by atoms with E-state index in [9.17, 15) is 4.39 Å². The van der Waals surface area contributed by atoms with Crippen LogP contribution in [0.4, 0.5) is 4.39 Å². The Morgan fingerprint density at radius 3 is 2.73 bits per heavy atom. The molecule has 0 aliphatic carbocycles. The Hall–Kier alpha value is -1.41. The first-order valence-corrected chi connectivity index (χ1v) is 4.93. The molecule has 1 aromatic carbocycles. The molecular formula is C12H9ClFN. The molecule has 2 aromatic rings. The van der Waals surface area contributed by atoms with E-state index in [-0.39, 0.29) is 5.82 Å². The van der Waals surface area contributed by atoms with Crippen molar-refractivity contribution in [1.29, 1.82) is 0 Å². The highest BCUT2D eigenvalue weighted by Crippen LogP contribution is 2.28. The van der Waals surface area contributed by atoms with Crippen LogP contribution >= 0.6 is 11.6 Å². The van der Waals surface area contributed by atoms with Gasteiger partial charge in [0, 0.05) is 11.8 Å². The predicted octanol–water partition coefficient (Wildman–Crippen LogP) is 3.85. The van der Waals surface area contributed by atoms with Crippen LogP contribution in [0.3, 0.4) is 0 Å². The highest BCUT2D eigenvalue weighted by Gasteiger charge is 2.07. The van der Waals surface area contributed by atoms with E-state index in [2.05, 4.69) is 4.98 Å². The molecule has 0 aliphatic rings. The SMILES string of the molecule is Cc1cccnc1-c1ccc(F)cc1Cl. The third-order valence-corrected chi connectivity index (χ3v) is 2.51. The second-order valence-corrected chi connectivity index (χ2v) is 3.70. The summed E-state index contributed by atoms with van der Waals surface area (Å²) in [6.07, 6.45) is 1.70. The van der Waals surface area contributed by atoms with E-state index in [0.29, 0.717) is 5.02 Å². The quantitative estimate of drug-likeness (QED) is 0.713. The number of benzene rings is 1. The van der Waals surface area contributed by atoms with Crippen molar-refractivity contribution >= 4 is 11.6 Å². The molecule has 2 rings (SSSR count). The van der Waals surface area contributed by atoms with Gasteiger partial charge < -0.3 is 0 Å². The average molecular weight is 222 g/mol. The first kappa shape index (κ1) is 10.1. The summed E-state index contributed by atoms with van der Waals surface area (Å²) in [5.41, 5.74) is 2.57.